The van der Waals surface area contributed by atoms with Gasteiger partial charge in [0, 0.05) is 11.1 Å². The summed E-state index contributed by atoms with van der Waals surface area (Å²) in [5.74, 6) is 1.29. The number of fused-ring (bicyclic) bond motifs is 2. The topological polar surface area (TPSA) is 52.1 Å². The van der Waals surface area contributed by atoms with Crippen molar-refractivity contribution in [1.29, 1.82) is 0 Å². The molecule has 0 radical (unpaired) electrons. The van der Waals surface area contributed by atoms with E-state index in [4.69, 9.17) is 18.8 Å². The van der Waals surface area contributed by atoms with Gasteiger partial charge < -0.3 is 8.83 Å². The smallest absolute Gasteiger partial charge is 0.227 e. The number of hydrogen-bond donors (Lipinski definition) is 0. The predicted molar refractivity (Wildman–Crippen MR) is 174 cm³/mol. The first-order valence-electron chi connectivity index (χ1n) is 14.9. The van der Waals surface area contributed by atoms with Crippen molar-refractivity contribution in [1.82, 2.24) is 9.97 Å². The van der Waals surface area contributed by atoms with Crippen molar-refractivity contribution in [3.63, 3.8) is 0 Å². The molecule has 0 N–H and O–H groups in total. The Morgan fingerprint density at radius 1 is 0.548 bits per heavy atom. The van der Waals surface area contributed by atoms with Crippen molar-refractivity contribution in [3.8, 4) is 22.9 Å². The molecule has 0 unspecified atom stereocenters. The lowest BCUT2D eigenvalue weighted by Gasteiger charge is -2.22. The highest BCUT2D eigenvalue weighted by Crippen LogP contribution is 2.33. The molecule has 0 bridgehead atoms. The van der Waals surface area contributed by atoms with Crippen LogP contribution in [0.25, 0.3) is 57.3 Å². The van der Waals surface area contributed by atoms with E-state index in [1.54, 1.807) is 0 Å². The van der Waals surface area contributed by atoms with E-state index in [0.29, 0.717) is 11.8 Å². The Balaban J connectivity index is 1.15. The fourth-order valence-corrected chi connectivity index (χ4v) is 5.02. The monoisotopic (exact) mass is 554 g/mol. The third-order valence-corrected chi connectivity index (χ3v) is 8.89. The molecule has 0 aliphatic carbocycles. The van der Waals surface area contributed by atoms with Crippen LogP contribution in [-0.4, -0.2) is 9.97 Å². The van der Waals surface area contributed by atoms with Crippen molar-refractivity contribution < 1.29 is 8.83 Å². The summed E-state index contributed by atoms with van der Waals surface area (Å²) in [5, 5.41) is 0. The van der Waals surface area contributed by atoms with Gasteiger partial charge in [-0.05, 0) is 94.5 Å². The van der Waals surface area contributed by atoms with Gasteiger partial charge in [0.15, 0.2) is 11.2 Å². The van der Waals surface area contributed by atoms with Gasteiger partial charge in [0.05, 0.1) is 0 Å². The van der Waals surface area contributed by atoms with E-state index in [1.165, 1.54) is 11.1 Å². The van der Waals surface area contributed by atoms with Crippen molar-refractivity contribution in [3.05, 3.63) is 107 Å². The molecule has 0 fully saturated rings. The fourth-order valence-electron chi connectivity index (χ4n) is 5.02. The molecule has 42 heavy (non-hydrogen) atoms. The lowest BCUT2D eigenvalue weighted by molar-refractivity contribution is 0.506. The minimum Gasteiger partial charge on any atom is -0.436 e. The van der Waals surface area contributed by atoms with Gasteiger partial charge in [-0.25, -0.2) is 9.97 Å². The molecule has 4 nitrogen and oxygen atoms in total. The number of oxazole rings is 2. The zero-order valence-corrected chi connectivity index (χ0v) is 25.4. The van der Waals surface area contributed by atoms with Gasteiger partial charge in [-0.2, -0.15) is 0 Å². The Hall–Kier alpha value is -4.44. The van der Waals surface area contributed by atoms with Gasteiger partial charge in [-0.3, -0.25) is 0 Å². The lowest BCUT2D eigenvalue weighted by atomic mass is 9.82. The molecule has 6 rings (SSSR count). The van der Waals surface area contributed by atoms with Crippen LogP contribution in [0.1, 0.15) is 76.6 Å². The van der Waals surface area contributed by atoms with Crippen LogP contribution in [0.4, 0.5) is 0 Å². The molecule has 0 spiro atoms. The molecule has 0 atom stereocenters. The Morgan fingerprint density at radius 3 is 1.29 bits per heavy atom. The molecule has 0 aliphatic rings. The Morgan fingerprint density at radius 2 is 0.929 bits per heavy atom. The third-order valence-electron chi connectivity index (χ3n) is 8.89. The van der Waals surface area contributed by atoms with Crippen LogP contribution in [0.5, 0.6) is 0 Å². The van der Waals surface area contributed by atoms with E-state index in [9.17, 15) is 0 Å². The second kappa shape index (κ2) is 10.8. The van der Waals surface area contributed by atoms with Crippen molar-refractivity contribution in [2.24, 2.45) is 0 Å². The highest BCUT2D eigenvalue weighted by Gasteiger charge is 2.21. The summed E-state index contributed by atoms with van der Waals surface area (Å²) in [7, 11) is 0. The SMILES string of the molecule is CCC(C)(C)c1ccc2oc(-c3ccc(C=Cc4ccc(-c5nc6cc(C(C)(C)CC)ccc6o5)cc4)cc3)nc2c1. The summed E-state index contributed by atoms with van der Waals surface area (Å²) in [6.45, 7) is 13.5. The number of hydrogen-bond acceptors (Lipinski definition) is 4. The van der Waals surface area contributed by atoms with Gasteiger partial charge in [-0.1, -0.05) is 90.1 Å². The number of benzene rings is 4. The molecule has 0 saturated carbocycles. The Bertz CT molecular complexity index is 1740. The molecule has 0 amide bonds. The summed E-state index contributed by atoms with van der Waals surface area (Å²) in [4.78, 5) is 9.57. The summed E-state index contributed by atoms with van der Waals surface area (Å²) in [6, 6.07) is 29.3. The molecule has 6 aromatic rings. The van der Waals surface area contributed by atoms with Gasteiger partial charge >= 0.3 is 0 Å². The van der Waals surface area contributed by atoms with Crippen LogP contribution < -0.4 is 0 Å². The second-order valence-electron chi connectivity index (χ2n) is 12.5. The summed E-state index contributed by atoms with van der Waals surface area (Å²) < 4.78 is 12.2. The van der Waals surface area contributed by atoms with Crippen LogP contribution in [0.15, 0.2) is 93.8 Å². The van der Waals surface area contributed by atoms with Crippen molar-refractivity contribution in [2.45, 2.75) is 65.2 Å². The minimum absolute atomic E-state index is 0.113. The van der Waals surface area contributed by atoms with Crippen molar-refractivity contribution >= 4 is 34.4 Å². The third kappa shape index (κ3) is 5.42. The second-order valence-corrected chi connectivity index (χ2v) is 12.5. The summed E-state index contributed by atoms with van der Waals surface area (Å²) in [6.07, 6.45) is 6.36. The first-order valence-corrected chi connectivity index (χ1v) is 14.9. The standard InChI is InChI=1S/C38H38N2O2/c1-7-37(3,4)29-19-21-33-31(23-29)39-35(41-33)27-15-11-25(12-16-27)9-10-26-13-17-28(18-14-26)36-40-32-24-30(38(5,6)8-2)20-22-34(32)42-36/h9-24H,7-8H2,1-6H3. The first kappa shape index (κ1) is 27.7. The van der Waals surface area contributed by atoms with Crippen LogP contribution in [0.2, 0.25) is 0 Å². The van der Waals surface area contributed by atoms with Gasteiger partial charge in [-0.15, -0.1) is 0 Å². The quantitative estimate of drug-likeness (QED) is 0.176. The predicted octanol–water partition coefficient (Wildman–Crippen LogP) is 10.8. The van der Waals surface area contributed by atoms with E-state index in [0.717, 1.165) is 57.3 Å². The van der Waals surface area contributed by atoms with E-state index in [-0.39, 0.29) is 10.8 Å². The van der Waals surface area contributed by atoms with Gasteiger partial charge in [0.2, 0.25) is 11.8 Å². The normalized spacial score (nSPS) is 12.6. The molecule has 0 aliphatic heterocycles. The number of rotatable bonds is 8. The van der Waals surface area contributed by atoms with E-state index in [2.05, 4.69) is 126 Å². The lowest BCUT2D eigenvalue weighted by Crippen LogP contribution is -2.14. The molecular formula is C38H38N2O2. The molecule has 2 aromatic heterocycles. The van der Waals surface area contributed by atoms with Crippen LogP contribution in [0, 0.1) is 0 Å². The molecular weight excluding hydrogens is 516 g/mol. The zero-order valence-electron chi connectivity index (χ0n) is 25.4. The average Bonchev–Trinajstić information content (AvgIpc) is 3.64. The zero-order chi connectivity index (χ0) is 29.5. The summed E-state index contributed by atoms with van der Waals surface area (Å²) in [5.41, 5.74) is 10.4. The molecule has 212 valence electrons. The maximum Gasteiger partial charge on any atom is 0.227 e. The number of aromatic nitrogens is 2. The first-order chi connectivity index (χ1) is 20.1. The van der Waals surface area contributed by atoms with Crippen LogP contribution in [0.3, 0.4) is 0 Å². The molecule has 4 heteroatoms. The minimum atomic E-state index is 0.113. The van der Waals surface area contributed by atoms with Crippen molar-refractivity contribution in [2.75, 3.05) is 0 Å². The Labute approximate surface area is 248 Å². The maximum atomic E-state index is 6.08. The average molecular weight is 555 g/mol. The van der Waals surface area contributed by atoms with E-state index >= 15 is 0 Å². The van der Waals surface area contributed by atoms with E-state index < -0.39 is 0 Å². The Kier molecular flexibility index (Phi) is 7.10. The van der Waals surface area contributed by atoms with E-state index in [1.807, 2.05) is 12.1 Å². The molecule has 0 saturated heterocycles. The molecule has 2 heterocycles. The highest BCUT2D eigenvalue weighted by atomic mass is 16.4. The highest BCUT2D eigenvalue weighted by molar-refractivity contribution is 5.79. The summed E-state index contributed by atoms with van der Waals surface area (Å²) >= 11 is 0. The fraction of sp³-hybridized carbons (Fsp3) is 0.263. The van der Waals surface area contributed by atoms with Crippen LogP contribution in [-0.2, 0) is 10.8 Å². The largest absolute Gasteiger partial charge is 0.436 e. The van der Waals surface area contributed by atoms with Gasteiger partial charge in [0.1, 0.15) is 11.0 Å². The van der Waals surface area contributed by atoms with Crippen LogP contribution >= 0.6 is 0 Å². The maximum absolute atomic E-state index is 6.08. The molecule has 4 aromatic carbocycles. The van der Waals surface area contributed by atoms with Gasteiger partial charge in [0.25, 0.3) is 0 Å². The number of nitrogens with zero attached hydrogens (tertiary/aromatic N) is 2.